The average molecular weight is 220 g/mol. The molecule has 2 rings (SSSR count). The summed E-state index contributed by atoms with van der Waals surface area (Å²) in [6.07, 6.45) is 0. The Morgan fingerprint density at radius 2 is 1.94 bits per heavy atom. The van der Waals surface area contributed by atoms with Gasteiger partial charge in [-0.1, -0.05) is 12.1 Å². The number of hydrogen-bond donors (Lipinski definition) is 1. The quantitative estimate of drug-likeness (QED) is 0.858. The Balaban J connectivity index is 2.18. The van der Waals surface area contributed by atoms with Gasteiger partial charge < -0.3 is 9.84 Å². The minimum Gasteiger partial charge on any atom is -0.434 e. The molecular formula is C11H9FN2O2. The van der Waals surface area contributed by atoms with Crippen LogP contribution in [0.2, 0.25) is 0 Å². The molecule has 0 atom stereocenters. The summed E-state index contributed by atoms with van der Waals surface area (Å²) < 4.78 is 18.4. The highest BCUT2D eigenvalue weighted by atomic mass is 19.1. The van der Waals surface area contributed by atoms with Gasteiger partial charge in [-0.25, -0.2) is 4.39 Å². The van der Waals surface area contributed by atoms with Gasteiger partial charge >= 0.3 is 0 Å². The van der Waals surface area contributed by atoms with E-state index < -0.39 is 5.82 Å². The summed E-state index contributed by atoms with van der Waals surface area (Å²) in [5, 5.41) is 16.1. The Morgan fingerprint density at radius 1 is 1.12 bits per heavy atom. The zero-order valence-electron chi connectivity index (χ0n) is 8.30. The van der Waals surface area contributed by atoms with E-state index in [0.29, 0.717) is 5.69 Å². The third kappa shape index (κ3) is 2.32. The molecule has 0 bridgehead atoms. The average Bonchev–Trinajstić information content (AvgIpc) is 2.33. The predicted octanol–water partition coefficient (Wildman–Crippen LogP) is 1.90. The third-order valence-electron chi connectivity index (χ3n) is 1.91. The van der Waals surface area contributed by atoms with Crippen LogP contribution in [0, 0.1) is 5.82 Å². The van der Waals surface area contributed by atoms with Crippen LogP contribution in [0.1, 0.15) is 5.69 Å². The van der Waals surface area contributed by atoms with Crippen LogP contribution in [0.25, 0.3) is 0 Å². The number of benzene rings is 1. The highest BCUT2D eigenvalue weighted by Crippen LogP contribution is 2.21. The monoisotopic (exact) mass is 220 g/mol. The van der Waals surface area contributed by atoms with E-state index >= 15 is 0 Å². The maximum Gasteiger partial charge on any atom is 0.239 e. The van der Waals surface area contributed by atoms with Crippen molar-refractivity contribution >= 4 is 0 Å². The van der Waals surface area contributed by atoms with Gasteiger partial charge in [-0.15, -0.1) is 10.2 Å². The molecule has 2 aromatic rings. The van der Waals surface area contributed by atoms with Gasteiger partial charge in [-0.2, -0.15) is 0 Å². The van der Waals surface area contributed by atoms with Crippen LogP contribution >= 0.6 is 0 Å². The Labute approximate surface area is 91.3 Å². The van der Waals surface area contributed by atoms with Gasteiger partial charge in [0.25, 0.3) is 0 Å². The highest BCUT2D eigenvalue weighted by molar-refractivity contribution is 5.28. The van der Waals surface area contributed by atoms with Crippen LogP contribution in [-0.2, 0) is 6.61 Å². The molecule has 0 fully saturated rings. The summed E-state index contributed by atoms with van der Waals surface area (Å²) in [6.45, 7) is -0.188. The fourth-order valence-electron chi connectivity index (χ4n) is 1.13. The number of ether oxygens (including phenoxy) is 1. The molecule has 0 saturated heterocycles. The molecule has 0 radical (unpaired) electrons. The molecular weight excluding hydrogens is 211 g/mol. The van der Waals surface area contributed by atoms with Crippen molar-refractivity contribution in [1.82, 2.24) is 10.2 Å². The first kappa shape index (κ1) is 10.5. The van der Waals surface area contributed by atoms with Crippen LogP contribution < -0.4 is 4.74 Å². The van der Waals surface area contributed by atoms with Crippen LogP contribution in [0.3, 0.4) is 0 Å². The molecule has 5 heteroatoms. The second-order valence-corrected chi connectivity index (χ2v) is 3.05. The van der Waals surface area contributed by atoms with Crippen LogP contribution in [-0.4, -0.2) is 15.3 Å². The van der Waals surface area contributed by atoms with E-state index in [1.807, 2.05) is 0 Å². The number of halogens is 1. The van der Waals surface area contributed by atoms with Crippen molar-refractivity contribution in [2.75, 3.05) is 0 Å². The molecule has 0 aliphatic heterocycles. The van der Waals surface area contributed by atoms with Crippen LogP contribution in [0.5, 0.6) is 11.6 Å². The number of hydrogen-bond acceptors (Lipinski definition) is 4. The Bertz CT molecular complexity index is 474. The van der Waals surface area contributed by atoms with Crippen molar-refractivity contribution in [3.05, 3.63) is 47.9 Å². The number of aromatic nitrogens is 2. The second kappa shape index (κ2) is 4.67. The third-order valence-corrected chi connectivity index (χ3v) is 1.91. The maximum absolute atomic E-state index is 13.2. The first-order valence-electron chi connectivity index (χ1n) is 4.65. The lowest BCUT2D eigenvalue weighted by Gasteiger charge is -2.04. The lowest BCUT2D eigenvalue weighted by atomic mass is 10.3. The molecule has 0 unspecified atom stereocenters. The molecule has 1 N–H and O–H groups in total. The summed E-state index contributed by atoms with van der Waals surface area (Å²) in [5.74, 6) is -0.189. The van der Waals surface area contributed by atoms with Crippen LogP contribution in [0.15, 0.2) is 36.4 Å². The smallest absolute Gasteiger partial charge is 0.239 e. The maximum atomic E-state index is 13.2. The summed E-state index contributed by atoms with van der Waals surface area (Å²) in [5.41, 5.74) is 0.431. The van der Waals surface area contributed by atoms with Gasteiger partial charge in [0, 0.05) is 6.07 Å². The van der Waals surface area contributed by atoms with Crippen molar-refractivity contribution in [2.45, 2.75) is 6.61 Å². The van der Waals surface area contributed by atoms with Gasteiger partial charge in [0.05, 0.1) is 12.3 Å². The second-order valence-electron chi connectivity index (χ2n) is 3.05. The molecule has 82 valence electrons. The van der Waals surface area contributed by atoms with Crippen molar-refractivity contribution in [3.8, 4) is 11.6 Å². The molecule has 0 aliphatic rings. The molecule has 0 aliphatic carbocycles. The predicted molar refractivity (Wildman–Crippen MR) is 54.4 cm³/mol. The van der Waals surface area contributed by atoms with Crippen molar-refractivity contribution in [1.29, 1.82) is 0 Å². The fraction of sp³-hybridized carbons (Fsp3) is 0.0909. The van der Waals surface area contributed by atoms with E-state index in [0.717, 1.165) is 0 Å². The van der Waals surface area contributed by atoms with Crippen molar-refractivity contribution < 1.29 is 14.2 Å². The highest BCUT2D eigenvalue weighted by Gasteiger charge is 2.04. The fourth-order valence-corrected chi connectivity index (χ4v) is 1.13. The Hall–Kier alpha value is -2.01. The number of aliphatic hydroxyl groups is 1. The zero-order valence-corrected chi connectivity index (χ0v) is 8.30. The van der Waals surface area contributed by atoms with Gasteiger partial charge in [0.1, 0.15) is 0 Å². The van der Waals surface area contributed by atoms with E-state index in [9.17, 15) is 4.39 Å². The van der Waals surface area contributed by atoms with E-state index in [4.69, 9.17) is 9.84 Å². The standard InChI is InChI=1S/C11H9FN2O2/c12-9-3-1-2-4-10(9)16-11-6-5-8(7-15)13-14-11/h1-6,15H,7H2. The molecule has 1 aromatic carbocycles. The minimum absolute atomic E-state index is 0.0912. The van der Waals surface area contributed by atoms with Gasteiger partial charge in [-0.05, 0) is 18.2 Å². The van der Waals surface area contributed by atoms with Crippen LogP contribution in [0.4, 0.5) is 4.39 Å². The first-order chi connectivity index (χ1) is 7.79. The topological polar surface area (TPSA) is 55.2 Å². The van der Waals surface area contributed by atoms with E-state index in [1.54, 1.807) is 18.2 Å². The first-order valence-corrected chi connectivity index (χ1v) is 4.65. The summed E-state index contributed by atoms with van der Waals surface area (Å²) in [6, 6.07) is 9.10. The largest absolute Gasteiger partial charge is 0.434 e. The number of aliphatic hydroxyl groups excluding tert-OH is 1. The van der Waals surface area contributed by atoms with Gasteiger partial charge in [-0.3, -0.25) is 0 Å². The Morgan fingerprint density at radius 3 is 2.56 bits per heavy atom. The number of nitrogens with zero attached hydrogens (tertiary/aromatic N) is 2. The molecule has 0 spiro atoms. The normalized spacial score (nSPS) is 10.1. The molecule has 0 saturated carbocycles. The Kier molecular flexibility index (Phi) is 3.07. The number of para-hydroxylation sites is 1. The van der Waals surface area contributed by atoms with Crippen molar-refractivity contribution in [3.63, 3.8) is 0 Å². The summed E-state index contributed by atoms with van der Waals surface area (Å²) in [4.78, 5) is 0. The van der Waals surface area contributed by atoms with Gasteiger partial charge in [0.15, 0.2) is 11.6 Å². The molecule has 0 amide bonds. The molecule has 1 aromatic heterocycles. The number of rotatable bonds is 3. The van der Waals surface area contributed by atoms with Crippen molar-refractivity contribution in [2.24, 2.45) is 0 Å². The van der Waals surface area contributed by atoms with Gasteiger partial charge in [0.2, 0.25) is 5.88 Å². The lowest BCUT2D eigenvalue weighted by Crippen LogP contribution is -1.95. The SMILES string of the molecule is OCc1ccc(Oc2ccccc2F)nn1. The molecule has 1 heterocycles. The van der Waals surface area contributed by atoms with E-state index in [1.165, 1.54) is 18.2 Å². The summed E-state index contributed by atoms with van der Waals surface area (Å²) in [7, 11) is 0. The molecule has 16 heavy (non-hydrogen) atoms. The van der Waals surface area contributed by atoms with E-state index in [2.05, 4.69) is 10.2 Å². The summed E-state index contributed by atoms with van der Waals surface area (Å²) >= 11 is 0. The lowest BCUT2D eigenvalue weighted by molar-refractivity contribution is 0.274. The zero-order chi connectivity index (χ0) is 11.4. The van der Waals surface area contributed by atoms with E-state index in [-0.39, 0.29) is 18.2 Å². The minimum atomic E-state index is -0.462. The molecule has 4 nitrogen and oxygen atoms in total.